The molecule has 0 unspecified atom stereocenters. The van der Waals surface area contributed by atoms with Crippen molar-refractivity contribution in [1.29, 1.82) is 0 Å². The largest absolute Gasteiger partial charge is 0.509 e. The van der Waals surface area contributed by atoms with Gasteiger partial charge in [0.1, 0.15) is 0 Å². The van der Waals surface area contributed by atoms with Gasteiger partial charge in [-0.2, -0.15) is 0 Å². The molecule has 0 aliphatic rings. The molecule has 0 aliphatic heterocycles. The Bertz CT molecular complexity index is 313. The second-order valence-corrected chi connectivity index (χ2v) is 3.92. The van der Waals surface area contributed by atoms with Gasteiger partial charge in [-0.1, -0.05) is 12.1 Å². The van der Waals surface area contributed by atoms with Gasteiger partial charge in [0.2, 0.25) is 0 Å². The average molecular weight is 300 g/mol. The summed E-state index contributed by atoms with van der Waals surface area (Å²) in [6, 6.07) is 3.87. The Morgan fingerprint density at radius 2 is 1.85 bits per heavy atom. The third-order valence-corrected chi connectivity index (χ3v) is 2.22. The summed E-state index contributed by atoms with van der Waals surface area (Å²) in [6.45, 7) is -4.78. The normalized spacial score (nSPS) is 11.8. The molecule has 0 saturated heterocycles. The molecule has 0 aliphatic carbocycles. The molecule has 0 spiro atoms. The topological polar surface area (TPSA) is 26.0 Å². The maximum Gasteiger partial charge on any atom is 0.509 e. The van der Waals surface area contributed by atoms with Gasteiger partial charge >= 0.3 is 6.98 Å². The van der Waals surface area contributed by atoms with E-state index in [9.17, 15) is 12.9 Å². The van der Waals surface area contributed by atoms with Gasteiger partial charge in [-0.05, 0) is 34.2 Å². The first-order chi connectivity index (χ1) is 5.93. The van der Waals surface area contributed by atoms with Crippen molar-refractivity contribution >= 4 is 35.0 Å². The monoisotopic (exact) mass is 300 g/mol. The molecule has 6 heteroatoms. The van der Waals surface area contributed by atoms with Crippen LogP contribution in [-0.4, -0.2) is 6.98 Å². The van der Waals surface area contributed by atoms with Crippen LogP contribution in [0.3, 0.4) is 0 Å². The molecule has 2 N–H and O–H groups in total. The molecule has 1 nitrogen and oxygen atoms in total. The second-order valence-electron chi connectivity index (χ2n) is 2.67. The highest BCUT2D eigenvalue weighted by Gasteiger charge is 2.25. The molecule has 0 saturated carbocycles. The van der Waals surface area contributed by atoms with Crippen molar-refractivity contribution in [2.75, 3.05) is 0 Å². The Kier molecular flexibility index (Phi) is 3.23. The standard InChI is InChI=1S/C7H7BF3IN/c9-8(10,11)6-1-5(4-13)2-7(12)3-6/h1-3H,4,13H2/q-1. The summed E-state index contributed by atoms with van der Waals surface area (Å²) in [5, 5.41) is 0. The smallest absolute Gasteiger partial charge is 0.445 e. The van der Waals surface area contributed by atoms with Crippen molar-refractivity contribution in [2.24, 2.45) is 5.73 Å². The van der Waals surface area contributed by atoms with Crippen LogP contribution in [0.15, 0.2) is 18.2 Å². The SMILES string of the molecule is NCc1cc(I)cc([B-](F)(F)F)c1. The first kappa shape index (κ1) is 10.8. The van der Waals surface area contributed by atoms with E-state index in [4.69, 9.17) is 5.73 Å². The summed E-state index contributed by atoms with van der Waals surface area (Å²) in [5.74, 6) is 0. The molecule has 0 atom stereocenters. The highest BCUT2D eigenvalue weighted by Crippen LogP contribution is 2.13. The summed E-state index contributed by atoms with van der Waals surface area (Å²) in [4.78, 5) is 0. The predicted molar refractivity (Wildman–Crippen MR) is 55.8 cm³/mol. The van der Waals surface area contributed by atoms with Crippen LogP contribution in [0.4, 0.5) is 12.9 Å². The molecule has 1 aromatic rings. The van der Waals surface area contributed by atoms with Gasteiger partial charge < -0.3 is 18.7 Å². The zero-order valence-electron chi connectivity index (χ0n) is 6.61. The van der Waals surface area contributed by atoms with Crippen molar-refractivity contribution in [1.82, 2.24) is 0 Å². The van der Waals surface area contributed by atoms with E-state index in [-0.39, 0.29) is 6.54 Å². The number of halogens is 4. The summed E-state index contributed by atoms with van der Waals surface area (Å²) >= 11 is 1.85. The Balaban J connectivity index is 3.16. The highest BCUT2D eigenvalue weighted by atomic mass is 127. The Labute approximate surface area is 87.7 Å². The van der Waals surface area contributed by atoms with Crippen molar-refractivity contribution in [2.45, 2.75) is 6.54 Å². The summed E-state index contributed by atoms with van der Waals surface area (Å²) in [6.07, 6.45) is 0. The van der Waals surface area contributed by atoms with Crippen LogP contribution in [0.25, 0.3) is 0 Å². The number of benzene rings is 1. The van der Waals surface area contributed by atoms with Gasteiger partial charge in [-0.25, -0.2) is 0 Å². The highest BCUT2D eigenvalue weighted by molar-refractivity contribution is 14.1. The van der Waals surface area contributed by atoms with E-state index in [0.717, 1.165) is 12.1 Å². The van der Waals surface area contributed by atoms with Crippen LogP contribution >= 0.6 is 22.6 Å². The Morgan fingerprint density at radius 1 is 1.23 bits per heavy atom. The second kappa shape index (κ2) is 3.87. The van der Waals surface area contributed by atoms with E-state index in [2.05, 4.69) is 0 Å². The molecule has 0 radical (unpaired) electrons. The number of hydrogen-bond donors (Lipinski definition) is 1. The molecule has 0 bridgehead atoms. The molecule has 1 rings (SSSR count). The number of hydrogen-bond acceptors (Lipinski definition) is 1. The molecule has 0 heterocycles. The van der Waals surface area contributed by atoms with Crippen molar-refractivity contribution in [3.05, 3.63) is 27.3 Å². The van der Waals surface area contributed by atoms with Crippen LogP contribution in [0.1, 0.15) is 5.56 Å². The molecular formula is C7H7BF3IN-. The van der Waals surface area contributed by atoms with Gasteiger partial charge in [-0.3, -0.25) is 0 Å². The van der Waals surface area contributed by atoms with Gasteiger partial charge in [0.25, 0.3) is 0 Å². The molecular weight excluding hydrogens is 293 g/mol. The molecule has 13 heavy (non-hydrogen) atoms. The van der Waals surface area contributed by atoms with Gasteiger partial charge in [0.05, 0.1) is 0 Å². The van der Waals surface area contributed by atoms with Crippen LogP contribution in [0.5, 0.6) is 0 Å². The number of nitrogens with two attached hydrogens (primary N) is 1. The minimum atomic E-state index is -4.91. The zero-order valence-corrected chi connectivity index (χ0v) is 8.76. The van der Waals surface area contributed by atoms with Gasteiger partial charge in [0.15, 0.2) is 0 Å². The van der Waals surface area contributed by atoms with Crippen LogP contribution in [-0.2, 0) is 6.54 Å². The van der Waals surface area contributed by atoms with Crippen LogP contribution < -0.4 is 11.2 Å². The van der Waals surface area contributed by atoms with Gasteiger partial charge in [0, 0.05) is 10.1 Å². The third kappa shape index (κ3) is 2.87. The summed E-state index contributed by atoms with van der Waals surface area (Å²) in [5.41, 5.74) is 5.21. The van der Waals surface area contributed by atoms with E-state index in [1.165, 1.54) is 0 Å². The lowest BCUT2D eigenvalue weighted by molar-refractivity contribution is 0.501. The third-order valence-electron chi connectivity index (χ3n) is 1.59. The Hall–Kier alpha value is -0.235. The first-order valence-electron chi connectivity index (χ1n) is 3.63. The minimum absolute atomic E-state index is 0.135. The minimum Gasteiger partial charge on any atom is -0.445 e. The lowest BCUT2D eigenvalue weighted by Gasteiger charge is -2.16. The van der Waals surface area contributed by atoms with Crippen molar-refractivity contribution in [3.63, 3.8) is 0 Å². The lowest BCUT2D eigenvalue weighted by atomic mass is 9.79. The molecule has 0 aromatic heterocycles. The van der Waals surface area contributed by atoms with Crippen molar-refractivity contribution < 1.29 is 12.9 Å². The quantitative estimate of drug-likeness (QED) is 0.654. The molecule has 0 amide bonds. The maximum absolute atomic E-state index is 12.3. The summed E-state index contributed by atoms with van der Waals surface area (Å²) < 4.78 is 37.5. The summed E-state index contributed by atoms with van der Waals surface area (Å²) in [7, 11) is 0. The molecule has 72 valence electrons. The van der Waals surface area contributed by atoms with Gasteiger partial charge in [-0.15, -0.1) is 5.46 Å². The van der Waals surface area contributed by atoms with E-state index >= 15 is 0 Å². The van der Waals surface area contributed by atoms with Crippen LogP contribution in [0, 0.1) is 3.57 Å². The first-order valence-corrected chi connectivity index (χ1v) is 4.70. The Morgan fingerprint density at radius 3 is 2.31 bits per heavy atom. The fourth-order valence-corrected chi connectivity index (χ4v) is 1.74. The predicted octanol–water partition coefficient (Wildman–Crippen LogP) is 1.80. The van der Waals surface area contributed by atoms with E-state index in [1.54, 1.807) is 6.07 Å². The van der Waals surface area contributed by atoms with E-state index in [0.29, 0.717) is 9.13 Å². The zero-order chi connectivity index (χ0) is 10.1. The van der Waals surface area contributed by atoms with Crippen molar-refractivity contribution in [3.8, 4) is 0 Å². The number of rotatable bonds is 2. The van der Waals surface area contributed by atoms with E-state index in [1.807, 2.05) is 22.6 Å². The average Bonchev–Trinajstić information content (AvgIpc) is 2.01. The maximum atomic E-state index is 12.3. The molecule has 0 fully saturated rings. The fourth-order valence-electron chi connectivity index (χ4n) is 0.982. The lowest BCUT2D eigenvalue weighted by Crippen LogP contribution is -2.34. The fraction of sp³-hybridized carbons (Fsp3) is 0.143. The van der Waals surface area contributed by atoms with Crippen LogP contribution in [0.2, 0.25) is 0 Å². The molecule has 1 aromatic carbocycles. The van der Waals surface area contributed by atoms with E-state index < -0.39 is 12.4 Å².